The molecule has 2 amide bonds. The fraction of sp³-hybridized carbons (Fsp3) is 0.308. The van der Waals surface area contributed by atoms with Gasteiger partial charge in [-0.05, 0) is 62.2 Å². The number of benzene rings is 2. The summed E-state index contributed by atoms with van der Waals surface area (Å²) in [6.45, 7) is 5.59. The van der Waals surface area contributed by atoms with Crippen molar-refractivity contribution >= 4 is 28.3 Å². The highest BCUT2D eigenvalue weighted by molar-refractivity contribution is 5.97. The van der Waals surface area contributed by atoms with Crippen molar-refractivity contribution in [3.05, 3.63) is 65.6 Å². The molecule has 2 N–H and O–H groups in total. The average Bonchev–Trinajstić information content (AvgIpc) is 3.26. The number of fused-ring (bicyclic) bond motifs is 1. The smallest absolute Gasteiger partial charge is 0.251 e. The van der Waals surface area contributed by atoms with Crippen LogP contribution in [-0.2, 0) is 4.79 Å². The molecule has 0 aliphatic carbocycles. The molecule has 7 nitrogen and oxygen atoms in total. The number of rotatable bonds is 8. The molecule has 0 unspecified atom stereocenters. The van der Waals surface area contributed by atoms with Crippen LogP contribution in [0.3, 0.4) is 0 Å². The van der Waals surface area contributed by atoms with Crippen LogP contribution in [0.1, 0.15) is 36.2 Å². The maximum absolute atomic E-state index is 13.4. The van der Waals surface area contributed by atoms with Crippen molar-refractivity contribution in [3.8, 4) is 11.5 Å². The van der Waals surface area contributed by atoms with E-state index in [2.05, 4.69) is 10.3 Å². The van der Waals surface area contributed by atoms with Gasteiger partial charge in [-0.3, -0.25) is 9.59 Å². The van der Waals surface area contributed by atoms with E-state index < -0.39 is 0 Å². The van der Waals surface area contributed by atoms with Crippen molar-refractivity contribution in [2.24, 2.45) is 0 Å². The lowest BCUT2D eigenvalue weighted by atomic mass is 9.99. The molecule has 34 heavy (non-hydrogen) atoms. The Kier molecular flexibility index (Phi) is 7.15. The van der Waals surface area contributed by atoms with Crippen molar-refractivity contribution in [2.75, 3.05) is 32.8 Å². The summed E-state index contributed by atoms with van der Waals surface area (Å²) in [5, 5.41) is 3.66. The van der Waals surface area contributed by atoms with Gasteiger partial charge in [0.25, 0.3) is 5.91 Å². The Labute approximate surface area is 197 Å². The minimum Gasteiger partial charge on any atom is -0.490 e. The summed E-state index contributed by atoms with van der Waals surface area (Å²) in [6.07, 6.45) is 4.57. The van der Waals surface area contributed by atoms with Gasteiger partial charge >= 0.3 is 0 Å². The van der Waals surface area contributed by atoms with E-state index in [1.165, 1.54) is 12.1 Å². The Morgan fingerprint density at radius 3 is 2.62 bits per heavy atom. The largest absolute Gasteiger partial charge is 0.490 e. The van der Waals surface area contributed by atoms with Crippen LogP contribution in [0.15, 0.2) is 48.7 Å². The molecule has 0 saturated carbocycles. The predicted molar refractivity (Wildman–Crippen MR) is 129 cm³/mol. The summed E-state index contributed by atoms with van der Waals surface area (Å²) in [6, 6.07) is 9.66. The Balaban J connectivity index is 1.35. The van der Waals surface area contributed by atoms with E-state index in [1.807, 2.05) is 26.1 Å². The minimum absolute atomic E-state index is 0.0917. The molecule has 0 fully saturated rings. The highest BCUT2D eigenvalue weighted by Crippen LogP contribution is 2.30. The second-order valence-corrected chi connectivity index (χ2v) is 7.92. The molecule has 0 saturated heterocycles. The first-order valence-electron chi connectivity index (χ1n) is 11.4. The van der Waals surface area contributed by atoms with Crippen LogP contribution in [0, 0.1) is 5.82 Å². The number of H-pyrrole nitrogens is 1. The molecule has 0 atom stereocenters. The van der Waals surface area contributed by atoms with Gasteiger partial charge in [-0.2, -0.15) is 0 Å². The van der Waals surface area contributed by atoms with E-state index in [1.54, 1.807) is 29.2 Å². The molecule has 0 spiro atoms. The Bertz CT molecular complexity index is 1230. The molecule has 1 aliphatic heterocycles. The molecule has 0 radical (unpaired) electrons. The van der Waals surface area contributed by atoms with E-state index in [4.69, 9.17) is 9.47 Å². The highest BCUT2D eigenvalue weighted by atomic mass is 19.1. The van der Waals surface area contributed by atoms with Gasteiger partial charge in [0, 0.05) is 41.3 Å². The fourth-order valence-corrected chi connectivity index (χ4v) is 4.07. The lowest BCUT2D eigenvalue weighted by molar-refractivity contribution is -0.129. The summed E-state index contributed by atoms with van der Waals surface area (Å²) in [5.41, 5.74) is 3.29. The maximum atomic E-state index is 13.4. The molecule has 178 valence electrons. The third-order valence-electron chi connectivity index (χ3n) is 5.76. The zero-order chi connectivity index (χ0) is 24.1. The summed E-state index contributed by atoms with van der Waals surface area (Å²) in [5.74, 6) is 0.291. The molecule has 2 aromatic carbocycles. The number of nitrogens with one attached hydrogen (secondary N) is 2. The second-order valence-electron chi connectivity index (χ2n) is 7.92. The predicted octanol–water partition coefficient (Wildman–Crippen LogP) is 4.15. The number of amides is 2. The molecule has 1 aromatic heterocycles. The molecule has 2 heterocycles. The van der Waals surface area contributed by atoms with E-state index in [-0.39, 0.29) is 24.2 Å². The number of hydrogen-bond donors (Lipinski definition) is 2. The van der Waals surface area contributed by atoms with Gasteiger partial charge in [0.1, 0.15) is 5.82 Å². The summed E-state index contributed by atoms with van der Waals surface area (Å²) < 4.78 is 24.5. The van der Waals surface area contributed by atoms with E-state index in [0.29, 0.717) is 49.8 Å². The molecule has 0 bridgehead atoms. The van der Waals surface area contributed by atoms with Gasteiger partial charge in [-0.25, -0.2) is 4.39 Å². The fourth-order valence-electron chi connectivity index (χ4n) is 4.07. The normalized spacial score (nSPS) is 13.5. The van der Waals surface area contributed by atoms with Gasteiger partial charge in [-0.1, -0.05) is 6.08 Å². The number of aromatic amines is 1. The van der Waals surface area contributed by atoms with Gasteiger partial charge in [0.05, 0.1) is 19.8 Å². The molecule has 4 rings (SSSR count). The summed E-state index contributed by atoms with van der Waals surface area (Å²) in [4.78, 5) is 30.1. The first-order chi connectivity index (χ1) is 16.5. The first-order valence-corrected chi connectivity index (χ1v) is 11.4. The van der Waals surface area contributed by atoms with Crippen LogP contribution >= 0.6 is 0 Å². The molecular weight excluding hydrogens is 437 g/mol. The van der Waals surface area contributed by atoms with Crippen LogP contribution < -0.4 is 14.8 Å². The standard InChI is InChI=1S/C26H28FN3O4/c1-3-33-23-8-5-18(13-24(23)34-4-2)26(32)29-16-25(31)30-11-9-17(10-12-30)21-15-28-22-14-19(27)6-7-20(21)22/h5-9,13-15,28H,3-4,10-12,16H2,1-2H3,(H,29,32). The number of ether oxygens (including phenoxy) is 2. The lowest BCUT2D eigenvalue weighted by Gasteiger charge is -2.26. The van der Waals surface area contributed by atoms with Crippen molar-refractivity contribution in [2.45, 2.75) is 20.3 Å². The van der Waals surface area contributed by atoms with Crippen molar-refractivity contribution < 1.29 is 23.5 Å². The lowest BCUT2D eigenvalue weighted by Crippen LogP contribution is -2.42. The van der Waals surface area contributed by atoms with Gasteiger partial charge in [0.2, 0.25) is 5.91 Å². The quantitative estimate of drug-likeness (QED) is 0.524. The van der Waals surface area contributed by atoms with Crippen LogP contribution in [0.2, 0.25) is 0 Å². The van der Waals surface area contributed by atoms with E-state index in [9.17, 15) is 14.0 Å². The SMILES string of the molecule is CCOc1ccc(C(=O)NCC(=O)N2CC=C(c3c[nH]c4cc(F)ccc34)CC2)cc1OCC. The molecule has 8 heteroatoms. The number of halogens is 1. The average molecular weight is 466 g/mol. The van der Waals surface area contributed by atoms with E-state index in [0.717, 1.165) is 22.0 Å². The number of carbonyl (C=O) groups is 2. The monoisotopic (exact) mass is 465 g/mol. The third kappa shape index (κ3) is 5.06. The molecule has 1 aliphatic rings. The van der Waals surface area contributed by atoms with Gasteiger partial charge in [-0.15, -0.1) is 0 Å². The van der Waals surface area contributed by atoms with E-state index >= 15 is 0 Å². The van der Waals surface area contributed by atoms with Gasteiger partial charge < -0.3 is 24.7 Å². The van der Waals surface area contributed by atoms with Crippen molar-refractivity contribution in [1.29, 1.82) is 0 Å². The minimum atomic E-state index is -0.350. The Morgan fingerprint density at radius 1 is 1.09 bits per heavy atom. The van der Waals surface area contributed by atoms with Crippen molar-refractivity contribution in [1.82, 2.24) is 15.2 Å². The highest BCUT2D eigenvalue weighted by Gasteiger charge is 2.20. The zero-order valence-corrected chi connectivity index (χ0v) is 19.3. The van der Waals surface area contributed by atoms with Crippen LogP contribution in [0.4, 0.5) is 4.39 Å². The van der Waals surface area contributed by atoms with Crippen LogP contribution in [0.5, 0.6) is 11.5 Å². The van der Waals surface area contributed by atoms with Crippen LogP contribution in [-0.4, -0.2) is 54.5 Å². The number of carbonyl (C=O) groups excluding carboxylic acids is 2. The zero-order valence-electron chi connectivity index (χ0n) is 19.3. The maximum Gasteiger partial charge on any atom is 0.251 e. The Hall–Kier alpha value is -3.81. The second kappa shape index (κ2) is 10.4. The Morgan fingerprint density at radius 2 is 1.88 bits per heavy atom. The van der Waals surface area contributed by atoms with Crippen LogP contribution in [0.25, 0.3) is 16.5 Å². The van der Waals surface area contributed by atoms with Gasteiger partial charge in [0.15, 0.2) is 11.5 Å². The molecule has 3 aromatic rings. The third-order valence-corrected chi connectivity index (χ3v) is 5.76. The summed E-state index contributed by atoms with van der Waals surface area (Å²) in [7, 11) is 0. The summed E-state index contributed by atoms with van der Waals surface area (Å²) >= 11 is 0. The number of nitrogens with zero attached hydrogens (tertiary/aromatic N) is 1. The van der Waals surface area contributed by atoms with Crippen molar-refractivity contribution in [3.63, 3.8) is 0 Å². The topological polar surface area (TPSA) is 83.7 Å². The molecular formula is C26H28FN3O4. The number of aromatic nitrogens is 1. The number of hydrogen-bond acceptors (Lipinski definition) is 4. The first kappa shape index (κ1) is 23.4.